The molecular weight excluding hydrogens is 266 g/mol. The van der Waals surface area contributed by atoms with Crippen molar-refractivity contribution >= 4 is 26.7 Å². The molecule has 0 N–H and O–H groups in total. The van der Waals surface area contributed by atoms with Crippen LogP contribution in [0.25, 0.3) is 10.8 Å². The zero-order valence-electron chi connectivity index (χ0n) is 7.26. The van der Waals surface area contributed by atoms with Crippen molar-refractivity contribution in [1.29, 1.82) is 5.26 Å². The first-order valence-corrected chi connectivity index (χ1v) is 4.75. The van der Waals surface area contributed by atoms with E-state index < -0.39 is 11.6 Å². The van der Waals surface area contributed by atoms with Gasteiger partial charge in [0.15, 0.2) is 0 Å². The van der Waals surface area contributed by atoms with Crippen molar-refractivity contribution in [2.45, 2.75) is 0 Å². The maximum absolute atomic E-state index is 13.5. The second-order valence-corrected chi connectivity index (χ2v) is 3.67. The molecule has 0 spiro atoms. The number of aromatic nitrogens is 1. The molecule has 0 amide bonds. The zero-order chi connectivity index (χ0) is 11.0. The Morgan fingerprint density at radius 2 is 2.00 bits per heavy atom. The highest BCUT2D eigenvalue weighted by molar-refractivity contribution is 9.10. The average molecular weight is 269 g/mol. The largest absolute Gasteiger partial charge is 0.263 e. The number of hydrogen-bond donors (Lipinski definition) is 0. The molecular formula is C10H3BrF2N2. The first-order valence-electron chi connectivity index (χ1n) is 3.96. The summed E-state index contributed by atoms with van der Waals surface area (Å²) >= 11 is 2.79. The molecule has 5 heteroatoms. The molecule has 0 unspecified atom stereocenters. The molecule has 0 aliphatic heterocycles. The minimum absolute atomic E-state index is 0.127. The number of pyridine rings is 1. The van der Waals surface area contributed by atoms with Crippen LogP contribution in [0.4, 0.5) is 8.78 Å². The van der Waals surface area contributed by atoms with E-state index in [1.165, 1.54) is 12.4 Å². The standard InChI is InChI=1S/C10H3BrF2N2/c11-9-8(12)1-6-5(2-14)3-15-4-7(6)10(9)13/h1,3-4H. The SMILES string of the molecule is N#Cc1cncc2c(F)c(Br)c(F)cc12. The fourth-order valence-corrected chi connectivity index (χ4v) is 1.63. The highest BCUT2D eigenvalue weighted by Crippen LogP contribution is 2.28. The second kappa shape index (κ2) is 3.55. The molecule has 2 rings (SSSR count). The molecule has 0 fully saturated rings. The molecule has 0 atom stereocenters. The van der Waals surface area contributed by atoms with E-state index in [-0.39, 0.29) is 20.8 Å². The van der Waals surface area contributed by atoms with Crippen molar-refractivity contribution in [2.75, 3.05) is 0 Å². The van der Waals surface area contributed by atoms with Crippen LogP contribution in [0.15, 0.2) is 22.9 Å². The molecule has 0 bridgehead atoms. The van der Waals surface area contributed by atoms with Crippen molar-refractivity contribution in [3.8, 4) is 6.07 Å². The Hall–Kier alpha value is -1.54. The average Bonchev–Trinajstić information content (AvgIpc) is 2.25. The van der Waals surface area contributed by atoms with Gasteiger partial charge in [0.25, 0.3) is 0 Å². The molecule has 2 nitrogen and oxygen atoms in total. The highest BCUT2D eigenvalue weighted by atomic mass is 79.9. The predicted molar refractivity (Wildman–Crippen MR) is 54.1 cm³/mol. The van der Waals surface area contributed by atoms with Gasteiger partial charge in [0.1, 0.15) is 17.7 Å². The number of benzene rings is 1. The molecule has 1 aromatic carbocycles. The number of nitrogens with zero attached hydrogens (tertiary/aromatic N) is 2. The van der Waals surface area contributed by atoms with Crippen LogP contribution in [0.5, 0.6) is 0 Å². The van der Waals surface area contributed by atoms with Crippen LogP contribution in [0.3, 0.4) is 0 Å². The van der Waals surface area contributed by atoms with E-state index in [0.29, 0.717) is 0 Å². The molecule has 1 heterocycles. The number of hydrogen-bond acceptors (Lipinski definition) is 2. The summed E-state index contributed by atoms with van der Waals surface area (Å²) in [7, 11) is 0. The minimum Gasteiger partial charge on any atom is -0.263 e. The third kappa shape index (κ3) is 1.47. The fourth-order valence-electron chi connectivity index (χ4n) is 1.30. The Morgan fingerprint density at radius 1 is 1.27 bits per heavy atom. The van der Waals surface area contributed by atoms with Crippen molar-refractivity contribution in [2.24, 2.45) is 0 Å². The Labute approximate surface area is 92.3 Å². The monoisotopic (exact) mass is 268 g/mol. The maximum Gasteiger partial charge on any atom is 0.149 e. The summed E-state index contributed by atoms with van der Waals surface area (Å²) < 4.78 is 26.5. The van der Waals surface area contributed by atoms with E-state index in [1.807, 2.05) is 6.07 Å². The van der Waals surface area contributed by atoms with Crippen molar-refractivity contribution in [1.82, 2.24) is 4.98 Å². The number of rotatable bonds is 0. The van der Waals surface area contributed by atoms with Gasteiger partial charge in [-0.25, -0.2) is 8.78 Å². The van der Waals surface area contributed by atoms with Crippen LogP contribution in [-0.4, -0.2) is 4.98 Å². The van der Waals surface area contributed by atoms with Gasteiger partial charge in [0, 0.05) is 23.2 Å². The van der Waals surface area contributed by atoms with Gasteiger partial charge in [-0.15, -0.1) is 0 Å². The van der Waals surface area contributed by atoms with E-state index in [2.05, 4.69) is 20.9 Å². The molecule has 2 aromatic rings. The lowest BCUT2D eigenvalue weighted by Crippen LogP contribution is -1.91. The van der Waals surface area contributed by atoms with Gasteiger partial charge in [-0.2, -0.15) is 5.26 Å². The fraction of sp³-hybridized carbons (Fsp3) is 0. The van der Waals surface area contributed by atoms with E-state index in [9.17, 15) is 8.78 Å². The van der Waals surface area contributed by atoms with Crippen LogP contribution in [0, 0.1) is 23.0 Å². The molecule has 0 saturated heterocycles. The van der Waals surface area contributed by atoms with Crippen LogP contribution < -0.4 is 0 Å². The molecule has 74 valence electrons. The molecule has 0 aliphatic carbocycles. The summed E-state index contributed by atoms with van der Waals surface area (Å²) in [6.07, 6.45) is 2.53. The molecule has 15 heavy (non-hydrogen) atoms. The lowest BCUT2D eigenvalue weighted by Gasteiger charge is -2.03. The molecule has 1 aromatic heterocycles. The molecule has 0 saturated carbocycles. The Morgan fingerprint density at radius 3 is 2.67 bits per heavy atom. The Bertz CT molecular complexity index is 590. The van der Waals surface area contributed by atoms with Crippen LogP contribution in [-0.2, 0) is 0 Å². The first-order chi connectivity index (χ1) is 7.15. The zero-order valence-corrected chi connectivity index (χ0v) is 8.85. The summed E-state index contributed by atoms with van der Waals surface area (Å²) in [5, 5.41) is 9.09. The summed E-state index contributed by atoms with van der Waals surface area (Å²) in [4.78, 5) is 3.71. The summed E-state index contributed by atoms with van der Waals surface area (Å²) in [5.74, 6) is -1.47. The third-order valence-electron chi connectivity index (χ3n) is 2.02. The summed E-state index contributed by atoms with van der Waals surface area (Å²) in [5.41, 5.74) is 0.151. The van der Waals surface area contributed by atoms with Gasteiger partial charge in [0.05, 0.1) is 10.0 Å². The van der Waals surface area contributed by atoms with E-state index in [0.717, 1.165) is 6.07 Å². The Kier molecular flexibility index (Phi) is 2.37. The summed E-state index contributed by atoms with van der Waals surface area (Å²) in [6.45, 7) is 0. The third-order valence-corrected chi connectivity index (χ3v) is 2.74. The van der Waals surface area contributed by atoms with Crippen LogP contribution >= 0.6 is 15.9 Å². The Balaban J connectivity index is 2.99. The molecule has 0 radical (unpaired) electrons. The quantitative estimate of drug-likeness (QED) is 0.689. The lowest BCUT2D eigenvalue weighted by atomic mass is 10.1. The van der Waals surface area contributed by atoms with Gasteiger partial charge in [0.2, 0.25) is 0 Å². The second-order valence-electron chi connectivity index (χ2n) is 2.88. The van der Waals surface area contributed by atoms with Crippen molar-refractivity contribution < 1.29 is 8.78 Å². The normalized spacial score (nSPS) is 10.3. The van der Waals surface area contributed by atoms with Crippen molar-refractivity contribution in [3.63, 3.8) is 0 Å². The van der Waals surface area contributed by atoms with E-state index in [4.69, 9.17) is 5.26 Å². The maximum atomic E-state index is 13.5. The van der Waals surface area contributed by atoms with E-state index in [1.54, 1.807) is 0 Å². The highest BCUT2D eigenvalue weighted by Gasteiger charge is 2.13. The topological polar surface area (TPSA) is 36.7 Å². The van der Waals surface area contributed by atoms with Crippen LogP contribution in [0.2, 0.25) is 0 Å². The van der Waals surface area contributed by atoms with Gasteiger partial charge in [-0.1, -0.05) is 0 Å². The molecule has 0 aliphatic rings. The number of nitriles is 1. The smallest absolute Gasteiger partial charge is 0.149 e. The van der Waals surface area contributed by atoms with Gasteiger partial charge < -0.3 is 0 Å². The lowest BCUT2D eigenvalue weighted by molar-refractivity contribution is 0.580. The summed E-state index contributed by atoms with van der Waals surface area (Å²) in [6, 6.07) is 2.95. The van der Waals surface area contributed by atoms with Crippen LogP contribution in [0.1, 0.15) is 5.56 Å². The number of halogens is 3. The van der Waals surface area contributed by atoms with Gasteiger partial charge in [-0.3, -0.25) is 4.98 Å². The minimum atomic E-state index is -0.741. The van der Waals surface area contributed by atoms with E-state index >= 15 is 0 Å². The van der Waals surface area contributed by atoms with Gasteiger partial charge in [-0.05, 0) is 22.0 Å². The van der Waals surface area contributed by atoms with Crippen molar-refractivity contribution in [3.05, 3.63) is 40.1 Å². The van der Waals surface area contributed by atoms with Gasteiger partial charge >= 0.3 is 0 Å². The predicted octanol–water partition coefficient (Wildman–Crippen LogP) is 3.15. The first kappa shape index (κ1) is 9.99. The number of fused-ring (bicyclic) bond motifs is 1.